The van der Waals surface area contributed by atoms with Gasteiger partial charge >= 0.3 is 12.1 Å². The molecule has 0 unspecified atom stereocenters. The Morgan fingerprint density at radius 2 is 1.89 bits per heavy atom. The van der Waals surface area contributed by atoms with Crippen LogP contribution in [0.15, 0.2) is 28.9 Å². The minimum atomic E-state index is -4.62. The zero-order valence-electron chi connectivity index (χ0n) is 15.0. The predicted molar refractivity (Wildman–Crippen MR) is 92.9 cm³/mol. The second-order valence-corrected chi connectivity index (χ2v) is 6.35. The van der Waals surface area contributed by atoms with Crippen LogP contribution in [0, 0.1) is 0 Å². The first-order valence-electron chi connectivity index (χ1n) is 8.59. The third-order valence-electron chi connectivity index (χ3n) is 4.58. The van der Waals surface area contributed by atoms with Gasteiger partial charge in [0.15, 0.2) is 0 Å². The van der Waals surface area contributed by atoms with Gasteiger partial charge in [0.1, 0.15) is 6.33 Å². The van der Waals surface area contributed by atoms with Crippen molar-refractivity contribution in [1.29, 1.82) is 0 Å². The fourth-order valence-electron chi connectivity index (χ4n) is 3.17. The van der Waals surface area contributed by atoms with E-state index in [2.05, 4.69) is 25.1 Å². The van der Waals surface area contributed by atoms with E-state index in [-0.39, 0.29) is 12.4 Å². The molecule has 0 bridgehead atoms. The molecule has 1 fully saturated rings. The van der Waals surface area contributed by atoms with Crippen LogP contribution in [0.4, 0.5) is 18.9 Å². The van der Waals surface area contributed by atoms with Gasteiger partial charge in [-0.05, 0) is 18.2 Å². The number of hydrogen-bond acceptors (Lipinski definition) is 8. The van der Waals surface area contributed by atoms with Crippen molar-refractivity contribution in [1.82, 2.24) is 25.1 Å². The van der Waals surface area contributed by atoms with E-state index in [1.807, 2.05) is 23.1 Å². The van der Waals surface area contributed by atoms with Gasteiger partial charge in [-0.15, -0.1) is 10.2 Å². The van der Waals surface area contributed by atoms with E-state index in [0.29, 0.717) is 32.1 Å². The summed E-state index contributed by atoms with van der Waals surface area (Å²) in [5.41, 5.74) is 1.81. The fraction of sp³-hybridized carbons (Fsp3) is 0.412. The number of piperazine rings is 1. The molecule has 1 aromatic carbocycles. The van der Waals surface area contributed by atoms with Crippen molar-refractivity contribution in [3.8, 4) is 5.88 Å². The van der Waals surface area contributed by atoms with Crippen LogP contribution in [0.3, 0.4) is 0 Å². The number of halogens is 3. The van der Waals surface area contributed by atoms with Crippen LogP contribution in [0.5, 0.6) is 5.88 Å². The fourth-order valence-corrected chi connectivity index (χ4v) is 3.17. The van der Waals surface area contributed by atoms with Gasteiger partial charge in [0, 0.05) is 31.9 Å². The van der Waals surface area contributed by atoms with Gasteiger partial charge in [0.05, 0.1) is 24.6 Å². The minimum absolute atomic E-state index is 0.0339. The van der Waals surface area contributed by atoms with Crippen LogP contribution in [0.1, 0.15) is 11.8 Å². The molecule has 0 amide bonds. The summed E-state index contributed by atoms with van der Waals surface area (Å²) in [6.45, 7) is 2.92. The zero-order chi connectivity index (χ0) is 19.7. The average molecular weight is 394 g/mol. The first-order valence-corrected chi connectivity index (χ1v) is 8.59. The Kier molecular flexibility index (Phi) is 4.75. The molecule has 0 radical (unpaired) electrons. The summed E-state index contributed by atoms with van der Waals surface area (Å²) in [6, 6.07) is 5.88. The Hall–Kier alpha value is -2.95. The van der Waals surface area contributed by atoms with Gasteiger partial charge in [-0.3, -0.25) is 4.90 Å². The van der Waals surface area contributed by atoms with Gasteiger partial charge in [0.25, 0.3) is 0 Å². The van der Waals surface area contributed by atoms with Gasteiger partial charge < -0.3 is 14.1 Å². The molecule has 0 saturated carbocycles. The van der Waals surface area contributed by atoms with E-state index in [9.17, 15) is 13.2 Å². The van der Waals surface area contributed by atoms with Gasteiger partial charge in [-0.1, -0.05) is 0 Å². The number of fused-ring (bicyclic) bond motifs is 1. The van der Waals surface area contributed by atoms with Crippen molar-refractivity contribution in [2.24, 2.45) is 0 Å². The lowest BCUT2D eigenvalue weighted by molar-refractivity contribution is -0.157. The summed E-state index contributed by atoms with van der Waals surface area (Å²) in [4.78, 5) is 12.5. The highest BCUT2D eigenvalue weighted by atomic mass is 19.4. The quantitative estimate of drug-likeness (QED) is 0.667. The summed E-state index contributed by atoms with van der Waals surface area (Å²) in [7, 11) is 1.56. The molecular formula is C17H17F3N6O2. The van der Waals surface area contributed by atoms with Crippen molar-refractivity contribution in [3.05, 3.63) is 36.3 Å². The first kappa shape index (κ1) is 18.4. The lowest BCUT2D eigenvalue weighted by atomic mass is 10.2. The molecule has 1 saturated heterocycles. The van der Waals surface area contributed by atoms with E-state index in [0.717, 1.165) is 16.6 Å². The number of ether oxygens (including phenoxy) is 1. The summed E-state index contributed by atoms with van der Waals surface area (Å²) >= 11 is 0. The Morgan fingerprint density at radius 1 is 1.11 bits per heavy atom. The van der Waals surface area contributed by atoms with Crippen molar-refractivity contribution in [2.45, 2.75) is 12.7 Å². The third kappa shape index (κ3) is 3.70. The molecule has 0 N–H and O–H groups in total. The lowest BCUT2D eigenvalue weighted by Gasteiger charge is -2.35. The number of benzene rings is 1. The van der Waals surface area contributed by atoms with Crippen LogP contribution in [-0.4, -0.2) is 58.4 Å². The molecule has 11 heteroatoms. The second-order valence-electron chi connectivity index (χ2n) is 6.35. The normalized spacial score (nSPS) is 15.9. The molecule has 28 heavy (non-hydrogen) atoms. The SMILES string of the molecule is COc1ncnc2ccc(N3CCN(Cc4nnc(C(F)(F)F)o4)CC3)cc12. The van der Waals surface area contributed by atoms with Gasteiger partial charge in [-0.2, -0.15) is 13.2 Å². The summed E-state index contributed by atoms with van der Waals surface area (Å²) < 4.78 is 47.7. The maximum Gasteiger partial charge on any atom is 0.470 e. The molecule has 3 heterocycles. The van der Waals surface area contributed by atoms with Crippen LogP contribution < -0.4 is 9.64 Å². The molecule has 8 nitrogen and oxygen atoms in total. The molecule has 0 atom stereocenters. The number of rotatable bonds is 4. The van der Waals surface area contributed by atoms with E-state index in [1.54, 1.807) is 7.11 Å². The highest BCUT2D eigenvalue weighted by Gasteiger charge is 2.38. The standard InChI is InChI=1S/C17H17F3N6O2/c1-27-15-12-8-11(2-3-13(12)21-10-22-15)26-6-4-25(5-7-26)9-14-23-24-16(28-14)17(18,19)20/h2-3,8,10H,4-7,9H2,1H3. The topological polar surface area (TPSA) is 80.4 Å². The molecule has 1 aliphatic heterocycles. The van der Waals surface area contributed by atoms with Crippen molar-refractivity contribution in [3.63, 3.8) is 0 Å². The predicted octanol–water partition coefficient (Wildman–Crippen LogP) is 2.36. The second kappa shape index (κ2) is 7.23. The van der Waals surface area contributed by atoms with Crippen molar-refractivity contribution >= 4 is 16.6 Å². The Morgan fingerprint density at radius 3 is 2.57 bits per heavy atom. The van der Waals surface area contributed by atoms with Gasteiger partial charge in [0.2, 0.25) is 11.8 Å². The van der Waals surface area contributed by atoms with Crippen molar-refractivity contribution in [2.75, 3.05) is 38.2 Å². The summed E-state index contributed by atoms with van der Waals surface area (Å²) in [6.07, 6.45) is -3.16. The number of hydrogen-bond donors (Lipinski definition) is 0. The van der Waals surface area contributed by atoms with E-state index in [4.69, 9.17) is 9.15 Å². The molecule has 3 aromatic rings. The van der Waals surface area contributed by atoms with Crippen LogP contribution in [0.2, 0.25) is 0 Å². The molecule has 1 aliphatic rings. The average Bonchev–Trinajstić information content (AvgIpc) is 3.17. The summed E-state index contributed by atoms with van der Waals surface area (Å²) in [5.74, 6) is -0.829. The molecule has 0 aliphatic carbocycles. The van der Waals surface area contributed by atoms with E-state index < -0.39 is 12.1 Å². The zero-order valence-corrected chi connectivity index (χ0v) is 15.0. The maximum atomic E-state index is 12.5. The minimum Gasteiger partial charge on any atom is -0.480 e. The molecule has 0 spiro atoms. The third-order valence-corrected chi connectivity index (χ3v) is 4.58. The molecule has 4 rings (SSSR count). The Balaban J connectivity index is 1.41. The Labute approximate surface area is 157 Å². The van der Waals surface area contributed by atoms with Crippen LogP contribution in [0.25, 0.3) is 10.9 Å². The van der Waals surface area contributed by atoms with Crippen LogP contribution in [-0.2, 0) is 12.7 Å². The number of aromatic nitrogens is 4. The highest BCUT2D eigenvalue weighted by molar-refractivity contribution is 5.86. The molecular weight excluding hydrogens is 377 g/mol. The number of anilines is 1. The van der Waals surface area contributed by atoms with Crippen molar-refractivity contribution < 1.29 is 22.3 Å². The van der Waals surface area contributed by atoms with Gasteiger partial charge in [-0.25, -0.2) is 9.97 Å². The summed E-state index contributed by atoms with van der Waals surface area (Å²) in [5, 5.41) is 7.37. The van der Waals surface area contributed by atoms with E-state index >= 15 is 0 Å². The van der Waals surface area contributed by atoms with E-state index in [1.165, 1.54) is 6.33 Å². The molecule has 148 valence electrons. The number of nitrogens with zero attached hydrogens (tertiary/aromatic N) is 6. The smallest absolute Gasteiger partial charge is 0.470 e. The lowest BCUT2D eigenvalue weighted by Crippen LogP contribution is -2.46. The Bertz CT molecular complexity index is 969. The first-order chi connectivity index (χ1) is 13.4. The highest BCUT2D eigenvalue weighted by Crippen LogP contribution is 2.29. The van der Waals surface area contributed by atoms with Crippen LogP contribution >= 0.6 is 0 Å². The number of alkyl halides is 3. The number of methoxy groups -OCH3 is 1. The molecule has 2 aromatic heterocycles. The largest absolute Gasteiger partial charge is 0.480 e. The monoisotopic (exact) mass is 394 g/mol. The maximum absolute atomic E-state index is 12.5.